The minimum absolute atomic E-state index is 0.0805. The second kappa shape index (κ2) is 6.70. The second-order valence-electron chi connectivity index (χ2n) is 5.53. The van der Waals surface area contributed by atoms with Gasteiger partial charge in [-0.15, -0.1) is 0 Å². The number of carbonyl (C=O) groups is 2. The van der Waals surface area contributed by atoms with Crippen LogP contribution in [0.5, 0.6) is 0 Å². The maximum absolute atomic E-state index is 12.5. The van der Waals surface area contributed by atoms with E-state index in [4.69, 9.17) is 4.74 Å². The number of nitrogens with zero attached hydrogens (tertiary/aromatic N) is 1. The lowest BCUT2D eigenvalue weighted by Crippen LogP contribution is -2.38. The van der Waals surface area contributed by atoms with E-state index >= 15 is 0 Å². The minimum atomic E-state index is -0.477. The van der Waals surface area contributed by atoms with Gasteiger partial charge in [0.2, 0.25) is 0 Å². The van der Waals surface area contributed by atoms with Crippen LogP contribution in [0.1, 0.15) is 22.8 Å². The second-order valence-corrected chi connectivity index (χ2v) is 6.77. The number of benzene rings is 2. The van der Waals surface area contributed by atoms with E-state index in [2.05, 4.69) is 22.6 Å². The summed E-state index contributed by atoms with van der Waals surface area (Å²) in [6.45, 7) is 1.75. The van der Waals surface area contributed by atoms with Gasteiger partial charge in [0.15, 0.2) is 6.61 Å². The van der Waals surface area contributed by atoms with E-state index in [0.29, 0.717) is 5.56 Å². The van der Waals surface area contributed by atoms with Crippen LogP contribution in [0, 0.1) is 3.57 Å². The Hall–Kier alpha value is -1.89. The predicted molar refractivity (Wildman–Crippen MR) is 96.5 cm³/mol. The van der Waals surface area contributed by atoms with Crippen LogP contribution in [0.2, 0.25) is 0 Å². The molecule has 0 spiro atoms. The Morgan fingerprint density at radius 3 is 2.61 bits per heavy atom. The number of halogens is 1. The van der Waals surface area contributed by atoms with Crippen molar-refractivity contribution in [3.05, 3.63) is 63.2 Å². The molecule has 0 aliphatic carbocycles. The summed E-state index contributed by atoms with van der Waals surface area (Å²) in [5.74, 6) is -0.670. The van der Waals surface area contributed by atoms with E-state index in [-0.39, 0.29) is 18.6 Å². The zero-order valence-corrected chi connectivity index (χ0v) is 14.8. The molecule has 3 rings (SSSR count). The summed E-state index contributed by atoms with van der Waals surface area (Å²) in [4.78, 5) is 26.2. The zero-order chi connectivity index (χ0) is 16.4. The van der Waals surface area contributed by atoms with Crippen molar-refractivity contribution >= 4 is 40.2 Å². The molecule has 0 radical (unpaired) electrons. The van der Waals surface area contributed by atoms with Crippen molar-refractivity contribution in [3.8, 4) is 0 Å². The number of esters is 1. The third kappa shape index (κ3) is 3.39. The van der Waals surface area contributed by atoms with Crippen molar-refractivity contribution in [1.29, 1.82) is 0 Å². The molecule has 0 saturated heterocycles. The third-order valence-electron chi connectivity index (χ3n) is 3.88. The van der Waals surface area contributed by atoms with E-state index < -0.39 is 5.97 Å². The lowest BCUT2D eigenvalue weighted by Gasteiger charge is -2.22. The van der Waals surface area contributed by atoms with Crippen LogP contribution in [0.25, 0.3) is 0 Å². The first kappa shape index (κ1) is 16.0. The smallest absolute Gasteiger partial charge is 0.338 e. The summed E-state index contributed by atoms with van der Waals surface area (Å²) < 4.78 is 6.21. The van der Waals surface area contributed by atoms with Crippen molar-refractivity contribution in [3.63, 3.8) is 0 Å². The zero-order valence-electron chi connectivity index (χ0n) is 12.7. The number of para-hydroxylation sites is 1. The van der Waals surface area contributed by atoms with Gasteiger partial charge in [-0.2, -0.15) is 0 Å². The molecule has 1 amide bonds. The summed E-state index contributed by atoms with van der Waals surface area (Å²) in [5, 5.41) is 0. The number of ether oxygens (including phenoxy) is 1. The fraction of sp³-hybridized carbons (Fsp3) is 0.222. The molecule has 2 aromatic rings. The summed E-state index contributed by atoms with van der Waals surface area (Å²) in [6.07, 6.45) is 0.826. The molecule has 23 heavy (non-hydrogen) atoms. The van der Waals surface area contributed by atoms with Gasteiger partial charge < -0.3 is 9.64 Å². The van der Waals surface area contributed by atoms with E-state index in [1.807, 2.05) is 43.3 Å². The highest BCUT2D eigenvalue weighted by Crippen LogP contribution is 2.31. The molecule has 4 nitrogen and oxygen atoms in total. The molecule has 1 aliphatic heterocycles. The van der Waals surface area contributed by atoms with Crippen LogP contribution in [0.15, 0.2) is 48.5 Å². The molecule has 0 aromatic heterocycles. The summed E-state index contributed by atoms with van der Waals surface area (Å²) >= 11 is 2.17. The van der Waals surface area contributed by atoms with Crippen molar-refractivity contribution < 1.29 is 14.3 Å². The Labute approximate surface area is 148 Å². The quantitative estimate of drug-likeness (QED) is 0.564. The van der Waals surface area contributed by atoms with Gasteiger partial charge in [0.25, 0.3) is 5.91 Å². The van der Waals surface area contributed by atoms with Gasteiger partial charge in [-0.3, -0.25) is 4.79 Å². The van der Waals surface area contributed by atoms with Crippen molar-refractivity contribution in [2.45, 2.75) is 19.4 Å². The molecule has 1 heterocycles. The number of amides is 1. The Morgan fingerprint density at radius 1 is 1.17 bits per heavy atom. The summed E-state index contributed by atoms with van der Waals surface area (Å²) in [6, 6.07) is 15.0. The van der Waals surface area contributed by atoms with Crippen LogP contribution in [0.3, 0.4) is 0 Å². The van der Waals surface area contributed by atoms with E-state index in [1.54, 1.807) is 17.0 Å². The highest BCUT2D eigenvalue weighted by Gasteiger charge is 2.30. The first-order valence-corrected chi connectivity index (χ1v) is 8.47. The average molecular weight is 421 g/mol. The number of hydrogen-bond acceptors (Lipinski definition) is 3. The van der Waals surface area contributed by atoms with Gasteiger partial charge in [0, 0.05) is 15.3 Å². The molecule has 0 fully saturated rings. The SMILES string of the molecule is CC1Cc2ccccc2N1C(=O)COC(=O)c1ccc(I)cc1. The Morgan fingerprint density at radius 2 is 1.87 bits per heavy atom. The molecule has 118 valence electrons. The third-order valence-corrected chi connectivity index (χ3v) is 4.60. The first-order chi connectivity index (χ1) is 11.1. The monoisotopic (exact) mass is 421 g/mol. The summed E-state index contributed by atoms with van der Waals surface area (Å²) in [5.41, 5.74) is 2.51. The Kier molecular flexibility index (Phi) is 4.66. The summed E-state index contributed by atoms with van der Waals surface area (Å²) in [7, 11) is 0. The van der Waals surface area contributed by atoms with Crippen LogP contribution in [-0.4, -0.2) is 24.5 Å². The molecule has 2 aromatic carbocycles. The Balaban J connectivity index is 1.66. The topological polar surface area (TPSA) is 46.6 Å². The van der Waals surface area contributed by atoms with E-state index in [0.717, 1.165) is 21.2 Å². The van der Waals surface area contributed by atoms with Crippen molar-refractivity contribution in [2.24, 2.45) is 0 Å². The lowest BCUT2D eigenvalue weighted by molar-refractivity contribution is -0.122. The fourth-order valence-corrected chi connectivity index (χ4v) is 3.17. The number of hydrogen-bond donors (Lipinski definition) is 0. The first-order valence-electron chi connectivity index (χ1n) is 7.39. The molecule has 5 heteroatoms. The standard InChI is InChI=1S/C18H16INO3/c1-12-10-14-4-2-3-5-16(14)20(12)17(21)11-23-18(22)13-6-8-15(19)9-7-13/h2-9,12H,10-11H2,1H3. The van der Waals surface area contributed by atoms with Gasteiger partial charge in [0.1, 0.15) is 0 Å². The maximum Gasteiger partial charge on any atom is 0.338 e. The highest BCUT2D eigenvalue weighted by molar-refractivity contribution is 14.1. The van der Waals surface area contributed by atoms with E-state index in [9.17, 15) is 9.59 Å². The molecular weight excluding hydrogens is 405 g/mol. The number of fused-ring (bicyclic) bond motifs is 1. The molecule has 0 bridgehead atoms. The van der Waals surface area contributed by atoms with Gasteiger partial charge in [-0.05, 0) is 71.8 Å². The lowest BCUT2D eigenvalue weighted by atomic mass is 10.1. The van der Waals surface area contributed by atoms with Gasteiger partial charge in [0.05, 0.1) is 5.56 Å². The van der Waals surface area contributed by atoms with Crippen LogP contribution >= 0.6 is 22.6 Å². The van der Waals surface area contributed by atoms with Crippen molar-refractivity contribution in [2.75, 3.05) is 11.5 Å². The predicted octanol–water partition coefficient (Wildman–Crippen LogP) is 3.43. The largest absolute Gasteiger partial charge is 0.452 e. The normalized spacial score (nSPS) is 16.1. The number of carbonyl (C=O) groups excluding carboxylic acids is 2. The number of rotatable bonds is 3. The van der Waals surface area contributed by atoms with Gasteiger partial charge >= 0.3 is 5.97 Å². The van der Waals surface area contributed by atoms with Crippen LogP contribution < -0.4 is 4.90 Å². The highest BCUT2D eigenvalue weighted by atomic mass is 127. The molecular formula is C18H16INO3. The molecule has 0 N–H and O–H groups in total. The molecule has 1 atom stereocenters. The molecule has 0 saturated carbocycles. The van der Waals surface area contributed by atoms with Gasteiger partial charge in [-0.25, -0.2) is 4.79 Å². The molecule has 1 unspecified atom stereocenters. The van der Waals surface area contributed by atoms with Crippen LogP contribution in [-0.2, 0) is 16.0 Å². The fourth-order valence-electron chi connectivity index (χ4n) is 2.81. The Bertz CT molecular complexity index is 742. The average Bonchev–Trinajstić information content (AvgIpc) is 2.88. The number of anilines is 1. The van der Waals surface area contributed by atoms with Gasteiger partial charge in [-0.1, -0.05) is 18.2 Å². The molecule has 1 aliphatic rings. The van der Waals surface area contributed by atoms with E-state index in [1.165, 1.54) is 0 Å². The van der Waals surface area contributed by atoms with Crippen molar-refractivity contribution in [1.82, 2.24) is 0 Å². The minimum Gasteiger partial charge on any atom is -0.452 e. The maximum atomic E-state index is 12.5. The van der Waals surface area contributed by atoms with Crippen LogP contribution in [0.4, 0.5) is 5.69 Å².